The van der Waals surface area contributed by atoms with Gasteiger partial charge in [-0.15, -0.1) is 0 Å². The Balaban J connectivity index is 1.96. The molecule has 0 aliphatic carbocycles. The van der Waals surface area contributed by atoms with Crippen LogP contribution in [-0.2, 0) is 21.7 Å². The van der Waals surface area contributed by atoms with Crippen LogP contribution >= 0.6 is 0 Å². The molecule has 7 heteroatoms. The van der Waals surface area contributed by atoms with Crippen LogP contribution in [0.15, 0.2) is 36.9 Å². The average molecular weight is 342 g/mol. The quantitative estimate of drug-likeness (QED) is 0.920. The molecule has 2 atom stereocenters. The van der Waals surface area contributed by atoms with E-state index < -0.39 is 17.9 Å². The Morgan fingerprint density at radius 3 is 2.68 bits per heavy atom. The Morgan fingerprint density at radius 1 is 1.36 bits per heavy atom. The van der Waals surface area contributed by atoms with Gasteiger partial charge in [0.05, 0.1) is 23.7 Å². The molecule has 0 radical (unpaired) electrons. The summed E-state index contributed by atoms with van der Waals surface area (Å²) in [5.41, 5.74) is 1.40. The first-order valence-corrected chi connectivity index (χ1v) is 8.23. The number of carboxylic acid groups (broad SMARTS) is 1. The summed E-state index contributed by atoms with van der Waals surface area (Å²) < 4.78 is 1.80. The molecule has 1 aliphatic heterocycles. The van der Waals surface area contributed by atoms with Crippen LogP contribution in [0.2, 0.25) is 0 Å². The molecule has 3 heterocycles. The van der Waals surface area contributed by atoms with Gasteiger partial charge in [0.25, 0.3) is 0 Å². The normalized spacial score (nSPS) is 20.9. The molecule has 0 bridgehead atoms. The van der Waals surface area contributed by atoms with Gasteiger partial charge in [-0.3, -0.25) is 19.3 Å². The molecule has 132 valence electrons. The third-order valence-electron chi connectivity index (χ3n) is 4.46. The summed E-state index contributed by atoms with van der Waals surface area (Å²) >= 11 is 0. The summed E-state index contributed by atoms with van der Waals surface area (Å²) in [6.07, 6.45) is 6.87. The average Bonchev–Trinajstić information content (AvgIpc) is 3.14. The molecular weight excluding hydrogens is 320 g/mol. The standard InChI is InChI=1S/C18H22N4O3/c1-18(2,3)22-11-13(9-20-22)16-14(17(24)25)7-15(23)21(16)10-12-5-4-6-19-8-12/h4-6,8-9,11,14,16H,7,10H2,1-3H3,(H,24,25)/t14-,16-/m1/s1. The number of aromatic nitrogens is 3. The number of aliphatic carboxylic acids is 1. The number of carbonyl (C=O) groups is 2. The highest BCUT2D eigenvalue weighted by Crippen LogP contribution is 2.39. The van der Waals surface area contributed by atoms with Gasteiger partial charge in [0.2, 0.25) is 5.91 Å². The van der Waals surface area contributed by atoms with Gasteiger partial charge < -0.3 is 10.0 Å². The van der Waals surface area contributed by atoms with Crippen LogP contribution in [0.1, 0.15) is 44.4 Å². The Labute approximate surface area is 146 Å². The van der Waals surface area contributed by atoms with E-state index in [1.54, 1.807) is 34.2 Å². The van der Waals surface area contributed by atoms with Crippen LogP contribution in [0.3, 0.4) is 0 Å². The molecule has 1 N–H and O–H groups in total. The Hall–Kier alpha value is -2.70. The fourth-order valence-electron chi connectivity index (χ4n) is 3.16. The van der Waals surface area contributed by atoms with E-state index in [1.807, 2.05) is 33.0 Å². The highest BCUT2D eigenvalue weighted by Gasteiger charge is 2.45. The minimum atomic E-state index is -0.962. The van der Waals surface area contributed by atoms with Crippen molar-refractivity contribution >= 4 is 11.9 Å². The van der Waals surface area contributed by atoms with E-state index in [-0.39, 0.29) is 17.9 Å². The largest absolute Gasteiger partial charge is 0.481 e. The van der Waals surface area contributed by atoms with E-state index in [1.165, 1.54) is 0 Å². The summed E-state index contributed by atoms with van der Waals surface area (Å²) in [5, 5.41) is 14.0. The second-order valence-corrected chi connectivity index (χ2v) is 7.37. The monoisotopic (exact) mass is 342 g/mol. The summed E-state index contributed by atoms with van der Waals surface area (Å²) in [6.45, 7) is 6.39. The van der Waals surface area contributed by atoms with Crippen molar-refractivity contribution in [3.05, 3.63) is 48.0 Å². The zero-order valence-electron chi connectivity index (χ0n) is 14.6. The number of pyridine rings is 1. The van der Waals surface area contributed by atoms with Gasteiger partial charge in [-0.25, -0.2) is 0 Å². The number of carbonyl (C=O) groups excluding carboxylic acids is 1. The lowest BCUT2D eigenvalue weighted by molar-refractivity contribution is -0.142. The maximum Gasteiger partial charge on any atom is 0.309 e. The van der Waals surface area contributed by atoms with Crippen LogP contribution in [0, 0.1) is 5.92 Å². The van der Waals surface area contributed by atoms with Crippen molar-refractivity contribution in [1.29, 1.82) is 0 Å². The van der Waals surface area contributed by atoms with Crippen molar-refractivity contribution in [3.8, 4) is 0 Å². The SMILES string of the molecule is CC(C)(C)n1cc([C@@H]2[C@H](C(=O)O)CC(=O)N2Cc2cccnc2)cn1. The van der Waals surface area contributed by atoms with Crippen molar-refractivity contribution in [1.82, 2.24) is 19.7 Å². The van der Waals surface area contributed by atoms with Crippen molar-refractivity contribution in [3.63, 3.8) is 0 Å². The Morgan fingerprint density at radius 2 is 2.12 bits per heavy atom. The molecular formula is C18H22N4O3. The molecule has 25 heavy (non-hydrogen) atoms. The first-order chi connectivity index (χ1) is 11.8. The molecule has 1 fully saturated rings. The number of carboxylic acids is 1. The smallest absolute Gasteiger partial charge is 0.309 e. The van der Waals surface area contributed by atoms with E-state index in [9.17, 15) is 14.7 Å². The molecule has 2 aromatic rings. The minimum Gasteiger partial charge on any atom is -0.481 e. The third kappa shape index (κ3) is 3.40. The topological polar surface area (TPSA) is 88.3 Å². The fraction of sp³-hybridized carbons (Fsp3) is 0.444. The molecule has 3 rings (SSSR count). The highest BCUT2D eigenvalue weighted by atomic mass is 16.4. The van der Waals surface area contributed by atoms with Crippen LogP contribution in [0.4, 0.5) is 0 Å². The molecule has 0 saturated carbocycles. The molecule has 0 unspecified atom stereocenters. The van der Waals surface area contributed by atoms with Crippen LogP contribution in [-0.4, -0.2) is 36.6 Å². The van der Waals surface area contributed by atoms with Crippen LogP contribution in [0.5, 0.6) is 0 Å². The first kappa shape index (κ1) is 17.1. The molecule has 1 aliphatic rings. The van der Waals surface area contributed by atoms with Gasteiger partial charge in [0.1, 0.15) is 0 Å². The zero-order chi connectivity index (χ0) is 18.2. The number of amides is 1. The molecule has 2 aromatic heterocycles. The highest BCUT2D eigenvalue weighted by molar-refractivity contribution is 5.87. The zero-order valence-corrected chi connectivity index (χ0v) is 14.6. The minimum absolute atomic E-state index is 0.000952. The predicted molar refractivity (Wildman–Crippen MR) is 90.5 cm³/mol. The fourth-order valence-corrected chi connectivity index (χ4v) is 3.16. The van der Waals surface area contributed by atoms with Crippen molar-refractivity contribution in [2.75, 3.05) is 0 Å². The van der Waals surface area contributed by atoms with E-state index in [0.717, 1.165) is 11.1 Å². The molecule has 0 spiro atoms. The number of rotatable bonds is 4. The Bertz CT molecular complexity index is 779. The maximum absolute atomic E-state index is 12.5. The van der Waals surface area contributed by atoms with E-state index in [4.69, 9.17) is 0 Å². The Kier molecular flexibility index (Phi) is 4.32. The van der Waals surface area contributed by atoms with Gasteiger partial charge in [-0.2, -0.15) is 5.10 Å². The lowest BCUT2D eigenvalue weighted by atomic mass is 9.95. The summed E-state index contributed by atoms with van der Waals surface area (Å²) in [5.74, 6) is -1.90. The van der Waals surface area contributed by atoms with E-state index in [2.05, 4.69) is 10.1 Å². The second kappa shape index (κ2) is 6.31. The molecule has 1 amide bonds. The lowest BCUT2D eigenvalue weighted by Gasteiger charge is -2.26. The summed E-state index contributed by atoms with van der Waals surface area (Å²) in [7, 11) is 0. The van der Waals surface area contributed by atoms with Gasteiger partial charge >= 0.3 is 5.97 Å². The van der Waals surface area contributed by atoms with Gasteiger partial charge in [-0.1, -0.05) is 6.07 Å². The van der Waals surface area contributed by atoms with E-state index in [0.29, 0.717) is 6.54 Å². The van der Waals surface area contributed by atoms with Crippen molar-refractivity contribution < 1.29 is 14.7 Å². The first-order valence-electron chi connectivity index (χ1n) is 8.23. The number of likely N-dealkylation sites (tertiary alicyclic amines) is 1. The second-order valence-electron chi connectivity index (χ2n) is 7.37. The third-order valence-corrected chi connectivity index (χ3v) is 4.46. The maximum atomic E-state index is 12.5. The summed E-state index contributed by atoms with van der Waals surface area (Å²) in [6, 6.07) is 3.16. The van der Waals surface area contributed by atoms with Crippen molar-refractivity contribution in [2.24, 2.45) is 5.92 Å². The van der Waals surface area contributed by atoms with E-state index >= 15 is 0 Å². The predicted octanol–water partition coefficient (Wildman–Crippen LogP) is 2.21. The van der Waals surface area contributed by atoms with Gasteiger partial charge in [0, 0.05) is 37.1 Å². The van der Waals surface area contributed by atoms with Crippen LogP contribution in [0.25, 0.3) is 0 Å². The molecule has 7 nitrogen and oxygen atoms in total. The lowest BCUT2D eigenvalue weighted by Crippen LogP contribution is -2.30. The van der Waals surface area contributed by atoms with Crippen LogP contribution < -0.4 is 0 Å². The number of hydrogen-bond acceptors (Lipinski definition) is 4. The van der Waals surface area contributed by atoms with Crippen molar-refractivity contribution in [2.45, 2.75) is 45.3 Å². The molecule has 0 aromatic carbocycles. The van der Waals surface area contributed by atoms with Gasteiger partial charge in [-0.05, 0) is 32.4 Å². The van der Waals surface area contributed by atoms with Gasteiger partial charge in [0.15, 0.2) is 0 Å². The number of hydrogen-bond donors (Lipinski definition) is 1. The molecule has 1 saturated heterocycles. The number of nitrogens with zero attached hydrogens (tertiary/aromatic N) is 4. The summed E-state index contributed by atoms with van der Waals surface area (Å²) in [4.78, 5) is 29.9.